The lowest BCUT2D eigenvalue weighted by Gasteiger charge is -2.28. The Bertz CT molecular complexity index is 131. The van der Waals surface area contributed by atoms with Gasteiger partial charge in [-0.15, -0.1) is 0 Å². The van der Waals surface area contributed by atoms with Crippen molar-refractivity contribution in [2.24, 2.45) is 0 Å². The molecule has 0 radical (unpaired) electrons. The van der Waals surface area contributed by atoms with Gasteiger partial charge < -0.3 is 20.6 Å². The highest BCUT2D eigenvalue weighted by molar-refractivity contribution is 4.82. The number of aliphatic hydroxyl groups is 3. The third-order valence-corrected chi connectivity index (χ3v) is 2.34. The van der Waals surface area contributed by atoms with Crippen molar-refractivity contribution in [3.8, 4) is 0 Å². The van der Waals surface area contributed by atoms with Crippen molar-refractivity contribution in [3.63, 3.8) is 0 Å². The van der Waals surface area contributed by atoms with Crippen LogP contribution in [0, 0.1) is 0 Å². The van der Waals surface area contributed by atoms with Gasteiger partial charge >= 0.3 is 0 Å². The minimum Gasteiger partial charge on any atom is -0.395 e. The maximum atomic E-state index is 9.47. The van der Waals surface area contributed by atoms with Gasteiger partial charge in [0.05, 0.1) is 24.9 Å². The highest BCUT2D eigenvalue weighted by Crippen LogP contribution is 2.11. The zero-order valence-corrected chi connectivity index (χ0v) is 7.11. The number of rotatable bonds is 1. The second kappa shape index (κ2) is 4.77. The molecule has 12 heavy (non-hydrogen) atoms. The Morgan fingerprint density at radius 1 is 1.25 bits per heavy atom. The Labute approximate surface area is 72.2 Å². The zero-order chi connectivity index (χ0) is 8.97. The van der Waals surface area contributed by atoms with Gasteiger partial charge in [0, 0.05) is 0 Å². The number of aliphatic hydroxyl groups excluding tert-OH is 3. The van der Waals surface area contributed by atoms with Crippen LogP contribution in [-0.4, -0.2) is 46.7 Å². The molecule has 0 aliphatic carbocycles. The lowest BCUT2D eigenvalue weighted by molar-refractivity contribution is -0.0255. The fourth-order valence-electron chi connectivity index (χ4n) is 1.50. The molecule has 1 rings (SSSR count). The smallest absolute Gasteiger partial charge is 0.0973 e. The highest BCUT2D eigenvalue weighted by atomic mass is 16.3. The van der Waals surface area contributed by atoms with E-state index < -0.39 is 12.2 Å². The molecule has 1 heterocycles. The molecule has 0 spiro atoms. The fraction of sp³-hybridized carbons (Fsp3) is 1.00. The lowest BCUT2D eigenvalue weighted by Crippen LogP contribution is -2.50. The second-order valence-electron chi connectivity index (χ2n) is 3.30. The summed E-state index contributed by atoms with van der Waals surface area (Å²) in [6, 6.07) is -0.375. The molecule has 0 saturated carbocycles. The maximum Gasteiger partial charge on any atom is 0.0973 e. The minimum atomic E-state index is -0.838. The van der Waals surface area contributed by atoms with Crippen LogP contribution in [0.5, 0.6) is 0 Å². The van der Waals surface area contributed by atoms with Gasteiger partial charge in [0.1, 0.15) is 0 Å². The van der Waals surface area contributed by atoms with Gasteiger partial charge in [-0.3, -0.25) is 0 Å². The summed E-state index contributed by atoms with van der Waals surface area (Å²) in [7, 11) is 0. The molecule has 1 unspecified atom stereocenters. The van der Waals surface area contributed by atoms with Crippen LogP contribution in [0.2, 0.25) is 0 Å². The average Bonchev–Trinajstić information content (AvgIpc) is 2.07. The van der Waals surface area contributed by atoms with Crippen molar-refractivity contribution < 1.29 is 15.3 Å². The second-order valence-corrected chi connectivity index (χ2v) is 3.30. The van der Waals surface area contributed by atoms with Crippen LogP contribution in [0.3, 0.4) is 0 Å². The van der Waals surface area contributed by atoms with E-state index in [1.807, 2.05) is 0 Å². The molecular weight excluding hydrogens is 158 g/mol. The van der Waals surface area contributed by atoms with Crippen molar-refractivity contribution in [1.82, 2.24) is 5.32 Å². The summed E-state index contributed by atoms with van der Waals surface area (Å²) in [5, 5.41) is 30.7. The first-order valence-electron chi connectivity index (χ1n) is 4.46. The van der Waals surface area contributed by atoms with Gasteiger partial charge in [-0.1, -0.05) is 0 Å². The molecule has 4 N–H and O–H groups in total. The first kappa shape index (κ1) is 9.92. The molecule has 0 amide bonds. The summed E-state index contributed by atoms with van der Waals surface area (Å²) < 4.78 is 0. The fourth-order valence-corrected chi connectivity index (χ4v) is 1.50. The molecule has 4 nitrogen and oxygen atoms in total. The summed E-state index contributed by atoms with van der Waals surface area (Å²) in [6.07, 6.45) is 0.994. The van der Waals surface area contributed by atoms with Crippen molar-refractivity contribution in [2.45, 2.75) is 37.5 Å². The largest absolute Gasteiger partial charge is 0.395 e. The Morgan fingerprint density at radius 3 is 2.67 bits per heavy atom. The molecule has 4 heteroatoms. The molecule has 72 valence electrons. The van der Waals surface area contributed by atoms with Crippen molar-refractivity contribution in [2.75, 3.05) is 13.2 Å². The van der Waals surface area contributed by atoms with Crippen LogP contribution in [-0.2, 0) is 0 Å². The van der Waals surface area contributed by atoms with Gasteiger partial charge in [-0.2, -0.15) is 0 Å². The predicted octanol–water partition coefficient (Wildman–Crippen LogP) is -1.16. The van der Waals surface area contributed by atoms with E-state index in [0.29, 0.717) is 6.42 Å². The van der Waals surface area contributed by atoms with E-state index in [1.54, 1.807) is 0 Å². The quantitative estimate of drug-likeness (QED) is 0.406. The van der Waals surface area contributed by atoms with Gasteiger partial charge in [-0.25, -0.2) is 0 Å². The number of hydrogen-bond donors (Lipinski definition) is 4. The van der Waals surface area contributed by atoms with Gasteiger partial charge in [-0.05, 0) is 25.8 Å². The topological polar surface area (TPSA) is 72.7 Å². The first-order valence-corrected chi connectivity index (χ1v) is 4.46. The van der Waals surface area contributed by atoms with Crippen molar-refractivity contribution in [3.05, 3.63) is 0 Å². The van der Waals surface area contributed by atoms with Gasteiger partial charge in [0.15, 0.2) is 0 Å². The highest BCUT2D eigenvalue weighted by Gasteiger charge is 2.26. The summed E-state index contributed by atoms with van der Waals surface area (Å²) in [6.45, 7) is 0.674. The maximum absolute atomic E-state index is 9.47. The van der Waals surface area contributed by atoms with Crippen LogP contribution >= 0.6 is 0 Å². The number of nitrogens with one attached hydrogen (secondary N) is 1. The molecule has 1 saturated heterocycles. The summed E-state index contributed by atoms with van der Waals surface area (Å²) in [5.74, 6) is 0. The molecular formula is C8H17NO3. The Hall–Kier alpha value is -0.160. The van der Waals surface area contributed by atoms with E-state index in [9.17, 15) is 10.2 Å². The molecule has 3 atom stereocenters. The van der Waals surface area contributed by atoms with Crippen LogP contribution in [0.1, 0.15) is 19.3 Å². The van der Waals surface area contributed by atoms with E-state index in [4.69, 9.17) is 5.11 Å². The van der Waals surface area contributed by atoms with Crippen LogP contribution in [0.25, 0.3) is 0 Å². The molecule has 0 aromatic carbocycles. The molecule has 1 aliphatic rings. The Balaban J connectivity index is 2.47. The third-order valence-electron chi connectivity index (χ3n) is 2.34. The average molecular weight is 175 g/mol. The zero-order valence-electron chi connectivity index (χ0n) is 7.11. The summed E-state index contributed by atoms with van der Waals surface area (Å²) in [5.41, 5.74) is 0. The minimum absolute atomic E-state index is 0.127. The lowest BCUT2D eigenvalue weighted by atomic mass is 9.98. The molecule has 0 bridgehead atoms. The van der Waals surface area contributed by atoms with E-state index in [1.165, 1.54) is 0 Å². The Kier molecular flexibility index (Phi) is 3.94. The van der Waals surface area contributed by atoms with Gasteiger partial charge in [0.25, 0.3) is 0 Å². The molecule has 1 aliphatic heterocycles. The predicted molar refractivity (Wildman–Crippen MR) is 44.7 cm³/mol. The van der Waals surface area contributed by atoms with Crippen molar-refractivity contribution >= 4 is 0 Å². The SMILES string of the molecule is OC[C@H]1NCCCC[C@@H](O)C1O. The van der Waals surface area contributed by atoms with Gasteiger partial charge in [0.2, 0.25) is 0 Å². The first-order chi connectivity index (χ1) is 5.75. The van der Waals surface area contributed by atoms with Crippen molar-refractivity contribution in [1.29, 1.82) is 0 Å². The molecule has 1 fully saturated rings. The Morgan fingerprint density at radius 2 is 2.00 bits per heavy atom. The standard InChI is InChI=1S/C8H17NO3/c10-5-6-8(12)7(11)3-1-2-4-9-6/h6-12H,1-5H2/t6-,7-,8?/m1/s1. The normalized spacial score (nSPS) is 38.8. The molecule has 0 aromatic rings. The summed E-state index contributed by atoms with van der Waals surface area (Å²) >= 11 is 0. The van der Waals surface area contributed by atoms with E-state index in [2.05, 4.69) is 5.32 Å². The number of hydrogen-bond acceptors (Lipinski definition) is 4. The van der Waals surface area contributed by atoms with E-state index >= 15 is 0 Å². The van der Waals surface area contributed by atoms with Crippen LogP contribution in [0.15, 0.2) is 0 Å². The van der Waals surface area contributed by atoms with Crippen LogP contribution in [0.4, 0.5) is 0 Å². The molecule has 0 aromatic heterocycles. The van der Waals surface area contributed by atoms with E-state index in [-0.39, 0.29) is 12.6 Å². The monoisotopic (exact) mass is 175 g/mol. The van der Waals surface area contributed by atoms with E-state index in [0.717, 1.165) is 19.4 Å². The van der Waals surface area contributed by atoms with Crippen LogP contribution < -0.4 is 5.32 Å². The third kappa shape index (κ3) is 2.42. The summed E-state index contributed by atoms with van der Waals surface area (Å²) in [4.78, 5) is 0.